The average molecular weight is 521 g/mol. The molecule has 1 aliphatic heterocycles. The fraction of sp³-hybridized carbons (Fsp3) is 0.0400. The minimum atomic E-state index is -4.48. The molecule has 172 valence electrons. The number of aliphatic imine (C=N–C) groups is 1. The van der Waals surface area contributed by atoms with E-state index in [1.54, 1.807) is 54.6 Å². The molecule has 0 amide bonds. The van der Waals surface area contributed by atoms with E-state index in [0.29, 0.717) is 37.6 Å². The Bertz CT molecular complexity index is 1360. The summed E-state index contributed by atoms with van der Waals surface area (Å²) in [5.74, 6) is -0.127. The van der Waals surface area contributed by atoms with Gasteiger partial charge in [0.25, 0.3) is 0 Å². The molecule has 0 radical (unpaired) electrons. The van der Waals surface area contributed by atoms with Crippen molar-refractivity contribution in [2.45, 2.75) is 6.18 Å². The number of hydrogen-bond donors (Lipinski definition) is 2. The van der Waals surface area contributed by atoms with Gasteiger partial charge in [-0.15, -0.1) is 0 Å². The zero-order chi connectivity index (χ0) is 24.5. The lowest BCUT2D eigenvalue weighted by Gasteiger charge is -2.19. The fourth-order valence-corrected chi connectivity index (χ4v) is 3.90. The Kier molecular flexibility index (Phi) is 6.84. The molecule has 3 aromatic carbocycles. The molecule has 9 heteroatoms. The van der Waals surface area contributed by atoms with Gasteiger partial charge in [-0.2, -0.15) is 13.2 Å². The van der Waals surface area contributed by atoms with Gasteiger partial charge in [0.2, 0.25) is 0 Å². The predicted octanol–water partition coefficient (Wildman–Crippen LogP) is 8.53. The largest absolute Gasteiger partial charge is 0.416 e. The fourth-order valence-electron chi connectivity index (χ4n) is 3.31. The summed E-state index contributed by atoms with van der Waals surface area (Å²) in [5, 5.41) is 13.2. The van der Waals surface area contributed by atoms with Crippen molar-refractivity contribution >= 4 is 57.7 Å². The predicted molar refractivity (Wildman–Crippen MR) is 133 cm³/mol. The molecule has 4 rings (SSSR count). The number of nitrogens with zero attached hydrogens (tertiary/aromatic N) is 1. The average Bonchev–Trinajstić information content (AvgIpc) is 2.79. The summed E-state index contributed by atoms with van der Waals surface area (Å²) in [7, 11) is 0. The van der Waals surface area contributed by atoms with Gasteiger partial charge in [-0.1, -0.05) is 59.1 Å². The van der Waals surface area contributed by atoms with Crippen molar-refractivity contribution in [3.05, 3.63) is 116 Å². The number of allylic oxidation sites excluding steroid dienone is 1. The molecule has 0 atom stereocenters. The Morgan fingerprint density at radius 2 is 1.56 bits per heavy atom. The highest BCUT2D eigenvalue weighted by Gasteiger charge is 2.30. The molecular weight excluding hydrogens is 506 g/mol. The van der Waals surface area contributed by atoms with Crippen LogP contribution in [-0.2, 0) is 6.18 Å². The molecule has 1 heterocycles. The summed E-state index contributed by atoms with van der Waals surface area (Å²) < 4.78 is 39.3. The lowest BCUT2D eigenvalue weighted by atomic mass is 9.99. The van der Waals surface area contributed by atoms with Gasteiger partial charge >= 0.3 is 6.18 Å². The van der Waals surface area contributed by atoms with Crippen molar-refractivity contribution in [2.24, 2.45) is 4.99 Å². The van der Waals surface area contributed by atoms with Crippen LogP contribution in [0.5, 0.6) is 0 Å². The molecule has 3 nitrogen and oxygen atoms in total. The highest BCUT2D eigenvalue weighted by molar-refractivity contribution is 6.36. The van der Waals surface area contributed by atoms with Crippen LogP contribution in [0.4, 0.5) is 18.9 Å². The van der Waals surface area contributed by atoms with Crippen LogP contribution in [-0.4, -0.2) is 11.5 Å². The van der Waals surface area contributed by atoms with Crippen LogP contribution in [0.2, 0.25) is 15.1 Å². The third-order valence-electron chi connectivity index (χ3n) is 4.97. The zero-order valence-corrected chi connectivity index (χ0v) is 19.5. The third-order valence-corrected chi connectivity index (χ3v) is 5.77. The first-order chi connectivity index (χ1) is 16.1. The van der Waals surface area contributed by atoms with Gasteiger partial charge in [-0.25, -0.2) is 4.99 Å². The van der Waals surface area contributed by atoms with Gasteiger partial charge in [0.1, 0.15) is 0 Å². The number of anilines is 1. The first-order valence-corrected chi connectivity index (χ1v) is 11.0. The van der Waals surface area contributed by atoms with Crippen molar-refractivity contribution < 1.29 is 13.2 Å². The summed E-state index contributed by atoms with van der Waals surface area (Å²) in [6.45, 7) is 0. The minimum Gasteiger partial charge on any atom is -0.353 e. The summed E-state index contributed by atoms with van der Waals surface area (Å²) >= 11 is 18.4. The monoisotopic (exact) mass is 519 g/mol. The van der Waals surface area contributed by atoms with E-state index in [-0.39, 0.29) is 17.1 Å². The highest BCUT2D eigenvalue weighted by Crippen LogP contribution is 2.33. The van der Waals surface area contributed by atoms with Crippen molar-refractivity contribution in [2.75, 3.05) is 5.32 Å². The number of nitrogens with one attached hydrogen (secondary N) is 2. The molecule has 0 bridgehead atoms. The van der Waals surface area contributed by atoms with Crippen molar-refractivity contribution in [1.29, 1.82) is 5.41 Å². The molecule has 0 aliphatic carbocycles. The van der Waals surface area contributed by atoms with E-state index in [4.69, 9.17) is 40.2 Å². The zero-order valence-electron chi connectivity index (χ0n) is 17.2. The Labute approximate surface area is 208 Å². The molecule has 1 aliphatic rings. The smallest absolute Gasteiger partial charge is 0.353 e. The lowest BCUT2D eigenvalue weighted by molar-refractivity contribution is -0.137. The maximum absolute atomic E-state index is 13.1. The van der Waals surface area contributed by atoms with Crippen LogP contribution in [0.15, 0.2) is 89.4 Å². The van der Waals surface area contributed by atoms with E-state index in [1.807, 2.05) is 0 Å². The molecule has 0 saturated heterocycles. The first kappa shape index (κ1) is 24.1. The molecule has 0 spiro atoms. The van der Waals surface area contributed by atoms with Crippen molar-refractivity contribution in [3.63, 3.8) is 0 Å². The standard InChI is InChI=1S/C25H15Cl3F3N3/c26-17-6-4-14(5-7-17)23(33-22-10-8-18(27)13-20(22)28)19-9-11-21(34-24(19)32)15-2-1-3-16(12-15)25(29,30)31/h1-13,32-33H/b23-19-,32-24?. The van der Waals surface area contributed by atoms with E-state index >= 15 is 0 Å². The van der Waals surface area contributed by atoms with Crippen LogP contribution in [0.3, 0.4) is 0 Å². The molecule has 2 N–H and O–H groups in total. The van der Waals surface area contributed by atoms with Crippen molar-refractivity contribution in [1.82, 2.24) is 0 Å². The van der Waals surface area contributed by atoms with Crippen molar-refractivity contribution in [3.8, 4) is 0 Å². The highest BCUT2D eigenvalue weighted by atomic mass is 35.5. The number of hydrogen-bond acceptors (Lipinski definition) is 2. The Balaban J connectivity index is 1.76. The van der Waals surface area contributed by atoms with Gasteiger partial charge in [-0.3, -0.25) is 5.41 Å². The van der Waals surface area contributed by atoms with Gasteiger partial charge < -0.3 is 5.32 Å². The van der Waals surface area contributed by atoms with E-state index in [2.05, 4.69) is 10.3 Å². The Morgan fingerprint density at radius 3 is 2.21 bits per heavy atom. The normalized spacial score (nSPS) is 15.2. The van der Waals surface area contributed by atoms with Crippen LogP contribution in [0.1, 0.15) is 16.7 Å². The second-order valence-corrected chi connectivity index (χ2v) is 8.58. The second-order valence-electron chi connectivity index (χ2n) is 7.30. The van der Waals surface area contributed by atoms with E-state index < -0.39 is 11.7 Å². The molecule has 34 heavy (non-hydrogen) atoms. The van der Waals surface area contributed by atoms with Gasteiger partial charge in [0, 0.05) is 21.2 Å². The quantitative estimate of drug-likeness (QED) is 0.356. The Morgan fingerprint density at radius 1 is 0.853 bits per heavy atom. The minimum absolute atomic E-state index is 0.127. The summed E-state index contributed by atoms with van der Waals surface area (Å²) in [6.07, 6.45) is -1.27. The molecule has 3 aromatic rings. The summed E-state index contributed by atoms with van der Waals surface area (Å²) in [6, 6.07) is 16.7. The van der Waals surface area contributed by atoms with Crippen LogP contribution in [0, 0.1) is 5.41 Å². The molecule has 0 saturated carbocycles. The summed E-state index contributed by atoms with van der Waals surface area (Å²) in [5.41, 5.74) is 1.93. The molecule has 0 fully saturated rings. The van der Waals surface area contributed by atoms with Gasteiger partial charge in [0.15, 0.2) is 5.84 Å². The van der Waals surface area contributed by atoms with Gasteiger partial charge in [-0.05, 0) is 60.2 Å². The SMILES string of the molecule is N=C1N=C(c2cccc(C(F)(F)F)c2)C=C/C1=C(/Nc1ccc(Cl)cc1Cl)c1ccc(Cl)cc1. The molecule has 0 unspecified atom stereocenters. The number of benzene rings is 3. The van der Waals surface area contributed by atoms with E-state index in [9.17, 15) is 13.2 Å². The number of alkyl halides is 3. The number of dihydropyridines is 1. The molecule has 0 aromatic heterocycles. The Hall–Kier alpha value is -3.06. The van der Waals surface area contributed by atoms with E-state index in [1.165, 1.54) is 12.1 Å². The van der Waals surface area contributed by atoms with E-state index in [0.717, 1.165) is 12.1 Å². The third kappa shape index (κ3) is 5.36. The number of rotatable bonds is 4. The second kappa shape index (κ2) is 9.66. The van der Waals surface area contributed by atoms with Crippen LogP contribution in [0.25, 0.3) is 5.70 Å². The van der Waals surface area contributed by atoms with Crippen LogP contribution >= 0.6 is 34.8 Å². The van der Waals surface area contributed by atoms with Crippen LogP contribution < -0.4 is 5.32 Å². The summed E-state index contributed by atoms with van der Waals surface area (Å²) in [4.78, 5) is 4.27. The number of halogens is 6. The lowest BCUT2D eigenvalue weighted by Crippen LogP contribution is -2.14. The maximum atomic E-state index is 13.1. The number of amidine groups is 1. The first-order valence-electron chi connectivity index (χ1n) is 9.87. The maximum Gasteiger partial charge on any atom is 0.416 e. The molecular formula is C25H15Cl3F3N3. The van der Waals surface area contributed by atoms with Gasteiger partial charge in [0.05, 0.1) is 27.7 Å². The topological polar surface area (TPSA) is 48.2 Å².